The van der Waals surface area contributed by atoms with Crippen molar-refractivity contribution in [2.75, 3.05) is 0 Å². The van der Waals surface area contributed by atoms with E-state index < -0.39 is 101 Å². The van der Waals surface area contributed by atoms with E-state index in [2.05, 4.69) is 0 Å². The van der Waals surface area contributed by atoms with Crippen LogP contribution < -0.4 is 5.40 Å². The van der Waals surface area contributed by atoms with E-state index in [1.54, 1.807) is 0 Å². The minimum Gasteiger partial charge on any atom is -0.351 e. The van der Waals surface area contributed by atoms with Crippen LogP contribution in [0.3, 0.4) is 0 Å². The lowest BCUT2D eigenvalue weighted by molar-refractivity contribution is -0.356. The molecule has 0 spiro atoms. The molecular weight excluding hydrogens is 909 g/mol. The van der Waals surface area contributed by atoms with Gasteiger partial charge in [0.15, 0.2) is 0 Å². The maximum absolute atomic E-state index is 13.4. The Hall–Kier alpha value is -1.29. The van der Waals surface area contributed by atoms with Gasteiger partial charge in [0.25, 0.3) is 0 Å². The zero-order valence-electron chi connectivity index (χ0n) is 34.7. The minimum absolute atomic E-state index is 0.0555. The van der Waals surface area contributed by atoms with Crippen molar-refractivity contribution in [3.05, 3.63) is 0 Å². The Balaban J connectivity index is 4.70. The van der Waals surface area contributed by atoms with E-state index in [0.717, 1.165) is 75.9 Å². The number of unbranched alkanes of at least 4 members (excludes halogenated alkanes) is 21. The lowest BCUT2D eigenvalue weighted by atomic mass is 10.0. The van der Waals surface area contributed by atoms with Crippen LogP contribution in [0.25, 0.3) is 0 Å². The van der Waals surface area contributed by atoms with Crippen molar-refractivity contribution in [1.82, 2.24) is 0 Å². The lowest BCUT2D eigenvalue weighted by Gasteiger charge is -2.28. The third-order valence-corrected chi connectivity index (χ3v) is 15.2. The highest BCUT2D eigenvalue weighted by atomic mass is 28.3. The number of hydrogen-bond acceptors (Lipinski definition) is 1. The van der Waals surface area contributed by atoms with E-state index in [0.29, 0.717) is 57.8 Å². The minimum atomic E-state index is -6.36. The molecular formula is C39H62F21NSi. The van der Waals surface area contributed by atoms with Gasteiger partial charge in [0, 0.05) is 19.3 Å². The summed E-state index contributed by atoms with van der Waals surface area (Å²) in [5, 5.41) is 6.95. The van der Waals surface area contributed by atoms with E-state index in [-0.39, 0.29) is 19.3 Å². The summed E-state index contributed by atoms with van der Waals surface area (Å²) in [6, 6.07) is 2.31. The van der Waals surface area contributed by atoms with Gasteiger partial charge < -0.3 is 5.40 Å². The average Bonchev–Trinajstić information content (AvgIpc) is 3.12. The summed E-state index contributed by atoms with van der Waals surface area (Å²) in [5.41, 5.74) is 0. The van der Waals surface area contributed by atoms with Crippen LogP contribution >= 0.6 is 0 Å². The molecule has 0 aromatic heterocycles. The fourth-order valence-corrected chi connectivity index (χ4v) is 10.7. The van der Waals surface area contributed by atoms with Crippen molar-refractivity contribution >= 4 is 8.24 Å². The highest BCUT2D eigenvalue weighted by molar-refractivity contribution is 6.76. The SMILES string of the molecule is N[Si](CCCCCCCCCCC(F)(F)C(F)(F)C(F)(F)F)(CCCCCCCCCCC(F)(F)C(F)(F)C(F)(F)F)CCCCCCCCCCC(F)(F)C(F)(F)C(F)(F)F. The van der Waals surface area contributed by atoms with Crippen LogP contribution in [0.5, 0.6) is 0 Å². The molecule has 0 rings (SSSR count). The summed E-state index contributed by atoms with van der Waals surface area (Å²) in [6.45, 7) is 0. The normalized spacial score (nSPS) is 14.6. The summed E-state index contributed by atoms with van der Waals surface area (Å²) in [4.78, 5) is 0. The molecule has 0 aliphatic carbocycles. The fourth-order valence-electron chi connectivity index (χ4n) is 7.12. The van der Waals surface area contributed by atoms with Gasteiger partial charge in [0.05, 0.1) is 0 Å². The van der Waals surface area contributed by atoms with E-state index in [9.17, 15) is 92.2 Å². The lowest BCUT2D eigenvalue weighted by Crippen LogP contribution is -2.51. The molecule has 2 N–H and O–H groups in total. The number of halogens is 21. The first-order valence-electron chi connectivity index (χ1n) is 21.4. The van der Waals surface area contributed by atoms with Gasteiger partial charge in [-0.25, -0.2) is 0 Å². The third kappa shape index (κ3) is 20.5. The molecule has 0 fully saturated rings. The van der Waals surface area contributed by atoms with E-state index >= 15 is 0 Å². The first-order chi connectivity index (χ1) is 28.1. The van der Waals surface area contributed by atoms with Crippen LogP contribution in [0.4, 0.5) is 92.2 Å². The Kier molecular flexibility index (Phi) is 25.6. The van der Waals surface area contributed by atoms with Gasteiger partial charge >= 0.3 is 54.1 Å². The zero-order valence-corrected chi connectivity index (χ0v) is 35.7. The molecule has 0 radical (unpaired) electrons. The molecule has 0 aromatic carbocycles. The second-order valence-electron chi connectivity index (χ2n) is 16.7. The Morgan fingerprint density at radius 2 is 0.371 bits per heavy atom. The van der Waals surface area contributed by atoms with Gasteiger partial charge in [-0.2, -0.15) is 92.2 Å². The van der Waals surface area contributed by atoms with Crippen molar-refractivity contribution in [2.45, 2.75) is 246 Å². The standard InChI is InChI=1S/C39H62F21NSi/c40-31(41,34(46,47)37(52,53)54)25-19-13-7-1-4-10-16-22-28-62(61,29-23-17-11-5-2-8-14-20-26-32(42,43)35(48,49)38(55,56)57)30-24-18-12-6-3-9-15-21-27-33(44,45)36(50,51)39(58,59)60/h1-30,61H2. The summed E-state index contributed by atoms with van der Waals surface area (Å²) in [5.74, 6) is -34.0. The van der Waals surface area contributed by atoms with Crippen molar-refractivity contribution in [3.8, 4) is 0 Å². The Bertz CT molecular complexity index is 1040. The first kappa shape index (κ1) is 60.7. The quantitative estimate of drug-likeness (QED) is 0.0378. The second-order valence-corrected chi connectivity index (χ2v) is 20.9. The molecule has 0 amide bonds. The van der Waals surface area contributed by atoms with Gasteiger partial charge in [0.2, 0.25) is 0 Å². The largest absolute Gasteiger partial charge is 0.459 e. The molecule has 0 unspecified atom stereocenters. The molecule has 0 atom stereocenters. The van der Waals surface area contributed by atoms with Gasteiger partial charge in [-0.15, -0.1) is 0 Å². The van der Waals surface area contributed by atoms with E-state index in [4.69, 9.17) is 5.40 Å². The number of nitrogens with two attached hydrogens (primary N) is 1. The van der Waals surface area contributed by atoms with Gasteiger partial charge in [0.1, 0.15) is 8.24 Å². The monoisotopic (exact) mass is 971 g/mol. The number of rotatable bonds is 36. The van der Waals surface area contributed by atoms with Crippen LogP contribution in [-0.2, 0) is 0 Å². The van der Waals surface area contributed by atoms with Crippen LogP contribution in [0, 0.1) is 0 Å². The molecule has 0 aliphatic heterocycles. The molecule has 0 aliphatic rings. The highest BCUT2D eigenvalue weighted by Crippen LogP contribution is 2.51. The molecule has 62 heavy (non-hydrogen) atoms. The summed E-state index contributed by atoms with van der Waals surface area (Å²) < 4.78 is 269. The Labute approximate surface area is 351 Å². The molecule has 0 aromatic rings. The molecule has 0 saturated heterocycles. The number of hydrogen-bond donors (Lipinski definition) is 1. The van der Waals surface area contributed by atoms with Crippen LogP contribution in [0.15, 0.2) is 0 Å². The molecule has 23 heteroatoms. The predicted molar refractivity (Wildman–Crippen MR) is 197 cm³/mol. The van der Waals surface area contributed by atoms with Gasteiger partial charge in [-0.05, 0) is 37.4 Å². The second kappa shape index (κ2) is 26.2. The smallest absolute Gasteiger partial charge is 0.351 e. The molecule has 374 valence electrons. The van der Waals surface area contributed by atoms with Gasteiger partial charge in [-0.1, -0.05) is 135 Å². The molecule has 0 heterocycles. The van der Waals surface area contributed by atoms with Gasteiger partial charge in [-0.3, -0.25) is 0 Å². The maximum Gasteiger partial charge on any atom is 0.459 e. The van der Waals surface area contributed by atoms with Crippen molar-refractivity contribution < 1.29 is 92.2 Å². The third-order valence-electron chi connectivity index (χ3n) is 11.2. The van der Waals surface area contributed by atoms with Crippen LogP contribution in [0.1, 0.15) is 173 Å². The van der Waals surface area contributed by atoms with Crippen molar-refractivity contribution in [3.63, 3.8) is 0 Å². The summed E-state index contributed by atoms with van der Waals surface area (Å²) in [7, 11) is -2.29. The molecule has 1 nitrogen and oxygen atoms in total. The van der Waals surface area contributed by atoms with E-state index in [1.807, 2.05) is 0 Å². The molecule has 0 bridgehead atoms. The predicted octanol–water partition coefficient (Wildman–Crippen LogP) is 17.9. The van der Waals surface area contributed by atoms with E-state index in [1.165, 1.54) is 0 Å². The highest BCUT2D eigenvalue weighted by Gasteiger charge is 2.74. The average molecular weight is 972 g/mol. The summed E-state index contributed by atoms with van der Waals surface area (Å²) >= 11 is 0. The van der Waals surface area contributed by atoms with Crippen molar-refractivity contribution in [1.29, 1.82) is 0 Å². The Morgan fingerprint density at radius 1 is 0.226 bits per heavy atom. The molecule has 0 saturated carbocycles. The van der Waals surface area contributed by atoms with Crippen LogP contribution in [0.2, 0.25) is 18.1 Å². The van der Waals surface area contributed by atoms with Crippen molar-refractivity contribution in [2.24, 2.45) is 5.40 Å². The Morgan fingerprint density at radius 3 is 0.532 bits per heavy atom. The fraction of sp³-hybridized carbons (Fsp3) is 1.00. The number of alkyl halides is 21. The van der Waals surface area contributed by atoms with Crippen LogP contribution in [-0.4, -0.2) is 62.3 Å². The topological polar surface area (TPSA) is 26.0 Å². The summed E-state index contributed by atoms with van der Waals surface area (Å²) in [6.07, 6.45) is -13.4. The zero-order chi connectivity index (χ0) is 48.2. The first-order valence-corrected chi connectivity index (χ1v) is 24.1. The maximum atomic E-state index is 13.4.